The second-order valence-corrected chi connectivity index (χ2v) is 5.30. The number of hydrogen-bond acceptors (Lipinski definition) is 3. The SMILES string of the molecule is CCC(C)(C)[S@+]([O-])N=C1COC1. The van der Waals surface area contributed by atoms with Crippen molar-refractivity contribution in [2.45, 2.75) is 31.9 Å². The van der Waals surface area contributed by atoms with E-state index in [0.717, 1.165) is 12.1 Å². The summed E-state index contributed by atoms with van der Waals surface area (Å²) in [4.78, 5) is 0. The Morgan fingerprint density at radius 3 is 2.50 bits per heavy atom. The van der Waals surface area contributed by atoms with Crippen molar-refractivity contribution in [2.24, 2.45) is 4.40 Å². The molecule has 3 nitrogen and oxygen atoms in total. The van der Waals surface area contributed by atoms with Crippen LogP contribution in [-0.2, 0) is 16.1 Å². The zero-order valence-corrected chi connectivity index (χ0v) is 8.61. The van der Waals surface area contributed by atoms with Crippen molar-refractivity contribution in [2.75, 3.05) is 13.2 Å². The Morgan fingerprint density at radius 1 is 1.58 bits per heavy atom. The minimum atomic E-state index is -1.10. The van der Waals surface area contributed by atoms with Gasteiger partial charge in [0.2, 0.25) is 0 Å². The highest BCUT2D eigenvalue weighted by Gasteiger charge is 2.31. The highest BCUT2D eigenvalue weighted by molar-refractivity contribution is 7.91. The molecule has 1 aliphatic rings. The molecule has 1 saturated heterocycles. The van der Waals surface area contributed by atoms with Crippen LogP contribution in [0.15, 0.2) is 4.40 Å². The van der Waals surface area contributed by atoms with Gasteiger partial charge in [-0.15, -0.1) is 0 Å². The van der Waals surface area contributed by atoms with Crippen LogP contribution in [0.3, 0.4) is 0 Å². The Hall–Kier alpha value is -0.0600. The summed E-state index contributed by atoms with van der Waals surface area (Å²) in [6.07, 6.45) is 0.872. The Balaban J connectivity index is 2.51. The van der Waals surface area contributed by atoms with Crippen molar-refractivity contribution in [1.82, 2.24) is 0 Å². The zero-order valence-electron chi connectivity index (χ0n) is 7.79. The Morgan fingerprint density at radius 2 is 2.17 bits per heavy atom. The van der Waals surface area contributed by atoms with E-state index in [-0.39, 0.29) is 4.75 Å². The van der Waals surface area contributed by atoms with E-state index in [9.17, 15) is 4.55 Å². The number of ether oxygens (including phenoxy) is 1. The molecule has 1 rings (SSSR count). The molecule has 1 heterocycles. The highest BCUT2D eigenvalue weighted by Crippen LogP contribution is 2.22. The van der Waals surface area contributed by atoms with Crippen LogP contribution in [0.2, 0.25) is 0 Å². The van der Waals surface area contributed by atoms with Gasteiger partial charge in [-0.25, -0.2) is 0 Å². The summed E-state index contributed by atoms with van der Waals surface area (Å²) in [5, 5.41) is 0. The average Bonchev–Trinajstić information content (AvgIpc) is 1.96. The molecule has 0 aliphatic carbocycles. The fraction of sp³-hybridized carbons (Fsp3) is 0.875. The van der Waals surface area contributed by atoms with Crippen molar-refractivity contribution in [3.05, 3.63) is 0 Å². The average molecular weight is 189 g/mol. The quantitative estimate of drug-likeness (QED) is 0.628. The maximum absolute atomic E-state index is 11.6. The van der Waals surface area contributed by atoms with Gasteiger partial charge < -0.3 is 9.29 Å². The molecule has 1 fully saturated rings. The van der Waals surface area contributed by atoms with Crippen molar-refractivity contribution in [3.63, 3.8) is 0 Å². The van der Waals surface area contributed by atoms with E-state index in [2.05, 4.69) is 4.40 Å². The maximum Gasteiger partial charge on any atom is 0.147 e. The predicted octanol–water partition coefficient (Wildman–Crippen LogP) is 1.31. The van der Waals surface area contributed by atoms with E-state index in [0.29, 0.717) is 13.2 Å². The van der Waals surface area contributed by atoms with E-state index in [1.165, 1.54) is 0 Å². The van der Waals surface area contributed by atoms with E-state index >= 15 is 0 Å². The third kappa shape index (κ3) is 2.21. The third-order valence-electron chi connectivity index (χ3n) is 2.07. The minimum absolute atomic E-state index is 0.206. The van der Waals surface area contributed by atoms with Crippen molar-refractivity contribution >= 4 is 17.1 Å². The van der Waals surface area contributed by atoms with Gasteiger partial charge >= 0.3 is 0 Å². The molecule has 0 aromatic carbocycles. The van der Waals surface area contributed by atoms with Crippen LogP contribution >= 0.6 is 0 Å². The van der Waals surface area contributed by atoms with Gasteiger partial charge in [0.25, 0.3) is 0 Å². The van der Waals surface area contributed by atoms with Gasteiger partial charge in [0.05, 0.1) is 13.2 Å². The van der Waals surface area contributed by atoms with E-state index in [1.807, 2.05) is 20.8 Å². The van der Waals surface area contributed by atoms with Crippen molar-refractivity contribution in [1.29, 1.82) is 0 Å². The minimum Gasteiger partial charge on any atom is -0.591 e. The van der Waals surface area contributed by atoms with Gasteiger partial charge in [-0.2, -0.15) is 0 Å². The molecule has 0 amide bonds. The fourth-order valence-corrected chi connectivity index (χ4v) is 1.44. The molecular formula is C8H15NO2S. The first-order chi connectivity index (χ1) is 5.56. The first-order valence-electron chi connectivity index (χ1n) is 4.12. The molecular weight excluding hydrogens is 174 g/mol. The molecule has 70 valence electrons. The van der Waals surface area contributed by atoms with Crippen molar-refractivity contribution in [3.8, 4) is 0 Å². The topological polar surface area (TPSA) is 44.7 Å². The van der Waals surface area contributed by atoms with Crippen LogP contribution in [0.25, 0.3) is 0 Å². The molecule has 12 heavy (non-hydrogen) atoms. The van der Waals surface area contributed by atoms with Gasteiger partial charge in [0.1, 0.15) is 21.8 Å². The summed E-state index contributed by atoms with van der Waals surface area (Å²) in [6.45, 7) is 7.08. The molecule has 0 saturated carbocycles. The van der Waals surface area contributed by atoms with Gasteiger partial charge in [0.15, 0.2) is 0 Å². The number of hydrogen-bond donors (Lipinski definition) is 0. The summed E-state index contributed by atoms with van der Waals surface area (Å²) >= 11 is -1.10. The Labute approximate surface area is 76.5 Å². The second-order valence-electron chi connectivity index (χ2n) is 3.51. The van der Waals surface area contributed by atoms with Crippen molar-refractivity contribution < 1.29 is 9.29 Å². The molecule has 1 aliphatic heterocycles. The zero-order chi connectivity index (χ0) is 9.19. The van der Waals surface area contributed by atoms with Gasteiger partial charge in [0, 0.05) is 0 Å². The van der Waals surface area contributed by atoms with E-state index in [4.69, 9.17) is 4.74 Å². The first kappa shape index (κ1) is 10.0. The molecule has 0 aromatic heterocycles. The lowest BCUT2D eigenvalue weighted by Gasteiger charge is -2.24. The van der Waals surface area contributed by atoms with Crippen LogP contribution in [0.4, 0.5) is 0 Å². The summed E-state index contributed by atoms with van der Waals surface area (Å²) in [7, 11) is 0. The van der Waals surface area contributed by atoms with Crippen LogP contribution < -0.4 is 0 Å². The van der Waals surface area contributed by atoms with E-state index < -0.39 is 11.4 Å². The van der Waals surface area contributed by atoms with E-state index in [1.54, 1.807) is 0 Å². The Kier molecular flexibility index (Phi) is 3.15. The molecule has 0 spiro atoms. The van der Waals surface area contributed by atoms with Crippen LogP contribution in [0.5, 0.6) is 0 Å². The van der Waals surface area contributed by atoms with Crippen LogP contribution in [0, 0.1) is 0 Å². The van der Waals surface area contributed by atoms with Crippen LogP contribution in [-0.4, -0.2) is 28.2 Å². The molecule has 4 heteroatoms. The molecule has 0 unspecified atom stereocenters. The molecule has 0 N–H and O–H groups in total. The molecule has 0 bridgehead atoms. The monoisotopic (exact) mass is 189 g/mol. The van der Waals surface area contributed by atoms with Gasteiger partial charge in [-0.3, -0.25) is 0 Å². The summed E-state index contributed by atoms with van der Waals surface area (Å²) in [5.41, 5.74) is 0.926. The highest BCUT2D eigenvalue weighted by atomic mass is 32.2. The Bertz CT molecular complexity index is 185. The molecule has 0 aromatic rings. The molecule has 1 atom stereocenters. The lowest BCUT2D eigenvalue weighted by molar-refractivity contribution is 0.160. The van der Waals surface area contributed by atoms with Crippen LogP contribution in [0.1, 0.15) is 27.2 Å². The summed E-state index contributed by atoms with van der Waals surface area (Å²) in [6, 6.07) is 0. The standard InChI is InChI=1S/C8H15NO2S/c1-4-8(2,3)12(10)9-7-5-11-6-7/h4-6H2,1-3H3/t12-/m0/s1. The van der Waals surface area contributed by atoms with Gasteiger partial charge in [-0.05, 0) is 20.3 Å². The molecule has 0 radical (unpaired) electrons. The smallest absolute Gasteiger partial charge is 0.147 e. The normalized spacial score (nSPS) is 20.2. The second kappa shape index (κ2) is 3.77. The predicted molar refractivity (Wildman–Crippen MR) is 50.8 cm³/mol. The van der Waals surface area contributed by atoms with Gasteiger partial charge in [-0.1, -0.05) is 11.3 Å². The lowest BCUT2D eigenvalue weighted by Crippen LogP contribution is -2.34. The third-order valence-corrected chi connectivity index (χ3v) is 3.73. The number of rotatable bonds is 3. The summed E-state index contributed by atoms with van der Waals surface area (Å²) in [5.74, 6) is 0. The lowest BCUT2D eigenvalue weighted by atomic mass is 10.1. The first-order valence-corrected chi connectivity index (χ1v) is 5.23. The largest absolute Gasteiger partial charge is 0.591 e. The maximum atomic E-state index is 11.6. The number of nitrogens with zero attached hydrogens (tertiary/aromatic N) is 1. The fourth-order valence-electron chi connectivity index (χ4n) is 0.610. The summed E-state index contributed by atoms with van der Waals surface area (Å²) < 4.78 is 20.4.